The van der Waals surface area contributed by atoms with Gasteiger partial charge in [-0.25, -0.2) is 0 Å². The molecule has 1 aliphatic heterocycles. The van der Waals surface area contributed by atoms with Gasteiger partial charge in [0, 0.05) is 19.0 Å². The zero-order valence-corrected chi connectivity index (χ0v) is 16.3. The van der Waals surface area contributed by atoms with Gasteiger partial charge >= 0.3 is 0 Å². The third-order valence-corrected chi connectivity index (χ3v) is 6.09. The van der Waals surface area contributed by atoms with Crippen LogP contribution in [0.25, 0.3) is 0 Å². The van der Waals surface area contributed by atoms with Crippen molar-refractivity contribution in [3.8, 4) is 5.75 Å². The molecular formula is C21H27N3O3. The molecule has 1 saturated carbocycles. The first kappa shape index (κ1) is 18.0. The number of benzene rings is 1. The molecule has 2 heterocycles. The fraction of sp³-hybridized carbons (Fsp3) is 0.571. The number of aromatic nitrogens is 2. The van der Waals surface area contributed by atoms with Crippen LogP contribution in [0.1, 0.15) is 56.3 Å². The Morgan fingerprint density at radius 2 is 2.30 bits per heavy atom. The molecule has 0 bridgehead atoms. The zero-order valence-electron chi connectivity index (χ0n) is 16.3. The van der Waals surface area contributed by atoms with Crippen LogP contribution in [0, 0.1) is 5.92 Å². The number of ether oxygens (including phenoxy) is 1. The van der Waals surface area contributed by atoms with E-state index in [9.17, 15) is 4.79 Å². The number of rotatable bonds is 5. The molecule has 0 radical (unpaired) electrons. The van der Waals surface area contributed by atoms with Gasteiger partial charge in [-0.05, 0) is 36.5 Å². The first-order valence-electron chi connectivity index (χ1n) is 9.76. The lowest BCUT2D eigenvalue weighted by molar-refractivity contribution is -0.129. The number of hydrogen-bond acceptors (Lipinski definition) is 5. The normalized spacial score (nSPS) is 24.4. The van der Waals surface area contributed by atoms with E-state index in [1.165, 1.54) is 0 Å². The van der Waals surface area contributed by atoms with Crippen LogP contribution >= 0.6 is 0 Å². The topological polar surface area (TPSA) is 68.5 Å². The third kappa shape index (κ3) is 3.22. The van der Waals surface area contributed by atoms with E-state index in [0.717, 1.165) is 42.9 Å². The highest BCUT2D eigenvalue weighted by molar-refractivity contribution is 5.79. The maximum atomic E-state index is 13.0. The molecule has 1 aromatic heterocycles. The Hall–Kier alpha value is -2.37. The third-order valence-electron chi connectivity index (χ3n) is 6.09. The SMILES string of the molecule is COc1cccc(CC(=O)N2C[C@H]3CCC[C@@]3(c3noc(C(C)C)n3)C2)c1. The van der Waals surface area contributed by atoms with E-state index >= 15 is 0 Å². The fourth-order valence-electron chi connectivity index (χ4n) is 4.59. The van der Waals surface area contributed by atoms with Crippen molar-refractivity contribution in [2.75, 3.05) is 20.2 Å². The van der Waals surface area contributed by atoms with Gasteiger partial charge in [0.05, 0.1) is 18.9 Å². The van der Waals surface area contributed by atoms with Gasteiger partial charge in [0.1, 0.15) is 5.75 Å². The molecule has 2 aromatic rings. The first-order chi connectivity index (χ1) is 13.0. The summed E-state index contributed by atoms with van der Waals surface area (Å²) in [5.41, 5.74) is 0.841. The van der Waals surface area contributed by atoms with Crippen LogP contribution in [0.2, 0.25) is 0 Å². The minimum Gasteiger partial charge on any atom is -0.497 e. The molecule has 2 fully saturated rings. The Morgan fingerprint density at radius 3 is 3.04 bits per heavy atom. The van der Waals surface area contributed by atoms with Gasteiger partial charge in [0.25, 0.3) is 0 Å². The lowest BCUT2D eigenvalue weighted by atomic mass is 9.80. The molecule has 1 aromatic carbocycles. The molecular weight excluding hydrogens is 342 g/mol. The van der Waals surface area contributed by atoms with Crippen LogP contribution in [0.15, 0.2) is 28.8 Å². The number of fused-ring (bicyclic) bond motifs is 1. The highest BCUT2D eigenvalue weighted by atomic mass is 16.5. The van der Waals surface area contributed by atoms with Crippen LogP contribution in [-0.2, 0) is 16.6 Å². The number of carbonyl (C=O) groups excluding carboxylic acids is 1. The molecule has 2 atom stereocenters. The standard InChI is InChI=1S/C21H27N3O3/c1-14(2)19-22-20(23-27-19)21-9-5-7-16(21)12-24(13-21)18(25)11-15-6-4-8-17(10-15)26-3/h4,6,8,10,14,16H,5,7,9,11-13H2,1-3H3/t16-,21-/m1/s1. The van der Waals surface area contributed by atoms with Crippen molar-refractivity contribution >= 4 is 5.91 Å². The second-order valence-electron chi connectivity index (χ2n) is 8.16. The van der Waals surface area contributed by atoms with Crippen LogP contribution in [0.3, 0.4) is 0 Å². The molecule has 6 heteroatoms. The summed E-state index contributed by atoms with van der Waals surface area (Å²) in [6.07, 6.45) is 3.70. The number of amides is 1. The highest BCUT2D eigenvalue weighted by Crippen LogP contribution is 2.49. The average molecular weight is 369 g/mol. The van der Waals surface area contributed by atoms with E-state index in [2.05, 4.69) is 19.0 Å². The average Bonchev–Trinajstić information content (AvgIpc) is 3.35. The van der Waals surface area contributed by atoms with Crippen molar-refractivity contribution in [1.82, 2.24) is 15.0 Å². The molecule has 144 valence electrons. The Morgan fingerprint density at radius 1 is 1.44 bits per heavy atom. The lowest BCUT2D eigenvalue weighted by Gasteiger charge is -2.24. The summed E-state index contributed by atoms with van der Waals surface area (Å²) in [5.74, 6) is 3.06. The Balaban J connectivity index is 1.52. The maximum Gasteiger partial charge on any atom is 0.229 e. The Bertz CT molecular complexity index is 832. The van der Waals surface area contributed by atoms with Gasteiger partial charge in [-0.3, -0.25) is 4.79 Å². The molecule has 6 nitrogen and oxygen atoms in total. The first-order valence-corrected chi connectivity index (χ1v) is 9.76. The van der Waals surface area contributed by atoms with Gasteiger partial charge in [-0.1, -0.05) is 37.6 Å². The summed E-state index contributed by atoms with van der Waals surface area (Å²) in [4.78, 5) is 19.6. The summed E-state index contributed by atoms with van der Waals surface area (Å²) in [6.45, 7) is 5.59. The number of carbonyl (C=O) groups is 1. The Kier molecular flexibility index (Phi) is 4.66. The quantitative estimate of drug-likeness (QED) is 0.809. The second-order valence-corrected chi connectivity index (χ2v) is 8.16. The number of methoxy groups -OCH3 is 1. The number of likely N-dealkylation sites (tertiary alicyclic amines) is 1. The predicted molar refractivity (Wildman–Crippen MR) is 101 cm³/mol. The second kappa shape index (κ2) is 6.98. The largest absolute Gasteiger partial charge is 0.497 e. The van der Waals surface area contributed by atoms with E-state index < -0.39 is 0 Å². The number of nitrogens with zero attached hydrogens (tertiary/aromatic N) is 3. The minimum absolute atomic E-state index is 0.138. The molecule has 0 unspecified atom stereocenters. The van der Waals surface area contributed by atoms with Crippen LogP contribution in [0.4, 0.5) is 0 Å². The van der Waals surface area contributed by atoms with Gasteiger partial charge in [-0.15, -0.1) is 0 Å². The molecule has 0 N–H and O–H groups in total. The molecule has 27 heavy (non-hydrogen) atoms. The molecule has 1 amide bonds. The monoisotopic (exact) mass is 369 g/mol. The maximum absolute atomic E-state index is 13.0. The van der Waals surface area contributed by atoms with Crippen molar-refractivity contribution in [3.63, 3.8) is 0 Å². The van der Waals surface area contributed by atoms with Crippen molar-refractivity contribution in [2.24, 2.45) is 5.92 Å². The van der Waals surface area contributed by atoms with Crippen molar-refractivity contribution in [2.45, 2.75) is 50.9 Å². The molecule has 4 rings (SSSR count). The van der Waals surface area contributed by atoms with Gasteiger partial charge < -0.3 is 14.2 Å². The van der Waals surface area contributed by atoms with E-state index in [-0.39, 0.29) is 17.2 Å². The highest BCUT2D eigenvalue weighted by Gasteiger charge is 2.54. The smallest absolute Gasteiger partial charge is 0.229 e. The summed E-state index contributed by atoms with van der Waals surface area (Å²) in [6, 6.07) is 7.72. The fourth-order valence-corrected chi connectivity index (χ4v) is 4.59. The van der Waals surface area contributed by atoms with E-state index in [0.29, 0.717) is 24.8 Å². The summed E-state index contributed by atoms with van der Waals surface area (Å²) in [5, 5.41) is 4.31. The van der Waals surface area contributed by atoms with Gasteiger partial charge in [0.15, 0.2) is 5.82 Å². The van der Waals surface area contributed by atoms with Crippen molar-refractivity contribution in [3.05, 3.63) is 41.5 Å². The minimum atomic E-state index is -0.138. The van der Waals surface area contributed by atoms with Crippen molar-refractivity contribution in [1.29, 1.82) is 0 Å². The number of hydrogen-bond donors (Lipinski definition) is 0. The molecule has 2 aliphatic rings. The van der Waals surface area contributed by atoms with E-state index in [4.69, 9.17) is 14.2 Å². The van der Waals surface area contributed by atoms with Crippen LogP contribution in [0.5, 0.6) is 5.75 Å². The van der Waals surface area contributed by atoms with E-state index in [1.807, 2.05) is 29.2 Å². The van der Waals surface area contributed by atoms with Crippen LogP contribution in [-0.4, -0.2) is 41.1 Å². The van der Waals surface area contributed by atoms with Gasteiger partial charge in [0.2, 0.25) is 11.8 Å². The molecule has 1 aliphatic carbocycles. The summed E-state index contributed by atoms with van der Waals surface area (Å²) in [7, 11) is 1.64. The zero-order chi connectivity index (χ0) is 19.0. The van der Waals surface area contributed by atoms with E-state index in [1.54, 1.807) is 7.11 Å². The summed E-state index contributed by atoms with van der Waals surface area (Å²) >= 11 is 0. The predicted octanol–water partition coefficient (Wildman–Crippen LogP) is 3.32. The lowest BCUT2D eigenvalue weighted by Crippen LogP contribution is -2.36. The Labute approximate surface area is 159 Å². The molecule has 0 spiro atoms. The van der Waals surface area contributed by atoms with Crippen molar-refractivity contribution < 1.29 is 14.1 Å². The molecule has 1 saturated heterocycles. The summed E-state index contributed by atoms with van der Waals surface area (Å²) < 4.78 is 10.7. The van der Waals surface area contributed by atoms with Gasteiger partial charge in [-0.2, -0.15) is 4.98 Å². The van der Waals surface area contributed by atoms with Crippen LogP contribution < -0.4 is 4.74 Å².